The van der Waals surface area contributed by atoms with Gasteiger partial charge in [0.1, 0.15) is 13.2 Å². The predicted molar refractivity (Wildman–Crippen MR) is 101 cm³/mol. The lowest BCUT2D eigenvalue weighted by Gasteiger charge is -2.19. The molecule has 0 bridgehead atoms. The molecular formula is C18H21N3O5S. The van der Waals surface area contributed by atoms with Gasteiger partial charge < -0.3 is 20.5 Å². The Labute approximate surface area is 157 Å². The zero-order valence-corrected chi connectivity index (χ0v) is 15.6. The van der Waals surface area contributed by atoms with Crippen molar-refractivity contribution in [3.05, 3.63) is 48.0 Å². The molecule has 0 fully saturated rings. The van der Waals surface area contributed by atoms with Gasteiger partial charge in [-0.1, -0.05) is 0 Å². The second-order valence-corrected chi connectivity index (χ2v) is 7.78. The highest BCUT2D eigenvalue weighted by atomic mass is 32.2. The average Bonchev–Trinajstić information content (AvgIpc) is 2.67. The summed E-state index contributed by atoms with van der Waals surface area (Å²) in [5, 5.41) is 2.74. The monoisotopic (exact) mass is 391 g/mol. The fraction of sp³-hybridized carbons (Fsp3) is 0.278. The highest BCUT2D eigenvalue weighted by molar-refractivity contribution is 7.92. The maximum Gasteiger partial charge on any atom is 0.262 e. The zero-order valence-electron chi connectivity index (χ0n) is 14.8. The van der Waals surface area contributed by atoms with Gasteiger partial charge in [0, 0.05) is 29.9 Å². The van der Waals surface area contributed by atoms with Crippen molar-refractivity contribution in [1.29, 1.82) is 0 Å². The molecule has 9 heteroatoms. The number of nitrogens with two attached hydrogens (primary N) is 1. The van der Waals surface area contributed by atoms with Crippen molar-refractivity contribution in [2.75, 3.05) is 24.5 Å². The molecule has 0 unspecified atom stereocenters. The van der Waals surface area contributed by atoms with Crippen LogP contribution < -0.4 is 25.2 Å². The second kappa shape index (κ2) is 7.85. The van der Waals surface area contributed by atoms with Gasteiger partial charge in [0.25, 0.3) is 15.9 Å². The fourth-order valence-electron chi connectivity index (χ4n) is 2.46. The lowest BCUT2D eigenvalue weighted by atomic mass is 10.2. The Morgan fingerprint density at radius 2 is 1.78 bits per heavy atom. The Kier molecular flexibility index (Phi) is 5.52. The number of benzene rings is 2. The maximum atomic E-state index is 12.6. The minimum atomic E-state index is -3.81. The lowest BCUT2D eigenvalue weighted by Crippen LogP contribution is -2.37. The van der Waals surface area contributed by atoms with Crippen LogP contribution in [0.2, 0.25) is 0 Å². The van der Waals surface area contributed by atoms with Crippen LogP contribution in [0.1, 0.15) is 17.3 Å². The number of hydrogen-bond donors (Lipinski definition) is 3. The minimum Gasteiger partial charge on any atom is -0.486 e. The summed E-state index contributed by atoms with van der Waals surface area (Å²) in [6, 6.07) is 10.4. The number of ether oxygens (including phenoxy) is 2. The lowest BCUT2D eigenvalue weighted by molar-refractivity contribution is 0.0941. The van der Waals surface area contributed by atoms with Crippen molar-refractivity contribution in [1.82, 2.24) is 5.32 Å². The van der Waals surface area contributed by atoms with E-state index in [0.29, 0.717) is 42.5 Å². The largest absolute Gasteiger partial charge is 0.486 e. The summed E-state index contributed by atoms with van der Waals surface area (Å²) >= 11 is 0. The number of hydrogen-bond acceptors (Lipinski definition) is 6. The van der Waals surface area contributed by atoms with Crippen molar-refractivity contribution in [3.8, 4) is 11.5 Å². The molecule has 1 aliphatic heterocycles. The summed E-state index contributed by atoms with van der Waals surface area (Å²) in [6.45, 7) is 2.93. The third-order valence-electron chi connectivity index (χ3n) is 3.95. The van der Waals surface area contributed by atoms with Crippen molar-refractivity contribution in [2.45, 2.75) is 17.9 Å². The number of fused-ring (bicyclic) bond motifs is 1. The maximum absolute atomic E-state index is 12.6. The van der Waals surface area contributed by atoms with Crippen LogP contribution >= 0.6 is 0 Å². The molecule has 2 aromatic carbocycles. The van der Waals surface area contributed by atoms with Crippen LogP contribution in [0, 0.1) is 0 Å². The van der Waals surface area contributed by atoms with Gasteiger partial charge in [-0.15, -0.1) is 0 Å². The van der Waals surface area contributed by atoms with Crippen LogP contribution in [0.5, 0.6) is 11.5 Å². The highest BCUT2D eigenvalue weighted by Gasteiger charge is 2.19. The Morgan fingerprint density at radius 1 is 1.11 bits per heavy atom. The number of rotatable bonds is 6. The topological polar surface area (TPSA) is 120 Å². The summed E-state index contributed by atoms with van der Waals surface area (Å²) in [6.07, 6.45) is 0. The first-order valence-electron chi connectivity index (χ1n) is 8.42. The number of sulfonamides is 1. The van der Waals surface area contributed by atoms with E-state index in [2.05, 4.69) is 10.0 Å². The number of carbonyl (C=O) groups excluding carboxylic acids is 1. The number of amides is 1. The molecule has 3 rings (SSSR count). The fourth-order valence-corrected chi connectivity index (χ4v) is 3.53. The van der Waals surface area contributed by atoms with Crippen molar-refractivity contribution < 1.29 is 22.7 Å². The third kappa shape index (κ3) is 4.50. The second-order valence-electron chi connectivity index (χ2n) is 6.10. The average molecular weight is 391 g/mol. The van der Waals surface area contributed by atoms with E-state index >= 15 is 0 Å². The standard InChI is InChI=1S/C18H21N3O5S/c1-12(11-19)20-18(22)13-2-4-14(5-3-13)21-27(23,24)15-6-7-16-17(10-15)26-9-8-25-16/h2-7,10,12,21H,8-9,11,19H2,1H3,(H,20,22)/t12-/m0/s1. The molecule has 0 radical (unpaired) electrons. The first kappa shape index (κ1) is 19.0. The summed E-state index contributed by atoms with van der Waals surface area (Å²) in [7, 11) is -3.81. The van der Waals surface area contributed by atoms with E-state index in [4.69, 9.17) is 15.2 Å². The Hall–Kier alpha value is -2.78. The predicted octanol–water partition coefficient (Wildman–Crippen LogP) is 1.34. The van der Waals surface area contributed by atoms with Crippen LogP contribution in [0.4, 0.5) is 5.69 Å². The van der Waals surface area contributed by atoms with E-state index in [-0.39, 0.29) is 16.8 Å². The molecule has 4 N–H and O–H groups in total. The van der Waals surface area contributed by atoms with Gasteiger partial charge in [0.05, 0.1) is 4.90 Å². The Balaban J connectivity index is 1.73. The zero-order chi connectivity index (χ0) is 19.4. The van der Waals surface area contributed by atoms with Crippen molar-refractivity contribution in [3.63, 3.8) is 0 Å². The molecule has 0 spiro atoms. The van der Waals surface area contributed by atoms with E-state index in [0.717, 1.165) is 0 Å². The van der Waals surface area contributed by atoms with E-state index < -0.39 is 10.0 Å². The number of carbonyl (C=O) groups is 1. The van der Waals surface area contributed by atoms with Crippen LogP contribution in [-0.4, -0.2) is 40.1 Å². The van der Waals surface area contributed by atoms with Crippen LogP contribution in [-0.2, 0) is 10.0 Å². The quantitative estimate of drug-likeness (QED) is 0.683. The first-order chi connectivity index (χ1) is 12.9. The van der Waals surface area contributed by atoms with Crippen molar-refractivity contribution in [2.24, 2.45) is 5.73 Å². The SMILES string of the molecule is C[C@@H](CN)NC(=O)c1ccc(NS(=O)(=O)c2ccc3c(c2)OCCO3)cc1. The van der Waals surface area contributed by atoms with Gasteiger partial charge in [0.2, 0.25) is 0 Å². The van der Waals surface area contributed by atoms with Gasteiger partial charge in [0.15, 0.2) is 11.5 Å². The number of nitrogens with one attached hydrogen (secondary N) is 2. The molecule has 1 amide bonds. The first-order valence-corrected chi connectivity index (χ1v) is 9.91. The van der Waals surface area contributed by atoms with Gasteiger partial charge >= 0.3 is 0 Å². The molecule has 0 aliphatic carbocycles. The summed E-state index contributed by atoms with van der Waals surface area (Å²) in [5.74, 6) is 0.640. The van der Waals surface area contributed by atoms with E-state index in [9.17, 15) is 13.2 Å². The normalized spacial score (nSPS) is 14.3. The molecule has 0 saturated heterocycles. The molecule has 2 aromatic rings. The van der Waals surface area contributed by atoms with Gasteiger partial charge in [-0.2, -0.15) is 0 Å². The van der Waals surface area contributed by atoms with Gasteiger partial charge in [-0.05, 0) is 43.3 Å². The van der Waals surface area contributed by atoms with E-state index in [1.165, 1.54) is 24.3 Å². The molecule has 144 valence electrons. The minimum absolute atomic E-state index is 0.0605. The summed E-state index contributed by atoms with van der Waals surface area (Å²) in [4.78, 5) is 12.1. The Morgan fingerprint density at radius 3 is 2.44 bits per heavy atom. The van der Waals surface area contributed by atoms with Crippen LogP contribution in [0.15, 0.2) is 47.4 Å². The molecule has 0 aromatic heterocycles. The van der Waals surface area contributed by atoms with E-state index in [1.807, 2.05) is 0 Å². The van der Waals surface area contributed by atoms with Crippen LogP contribution in [0.25, 0.3) is 0 Å². The smallest absolute Gasteiger partial charge is 0.262 e. The summed E-state index contributed by atoms with van der Waals surface area (Å²) in [5.41, 5.74) is 6.24. The third-order valence-corrected chi connectivity index (χ3v) is 5.33. The van der Waals surface area contributed by atoms with Crippen molar-refractivity contribution >= 4 is 21.6 Å². The Bertz CT molecular complexity index is 929. The highest BCUT2D eigenvalue weighted by Crippen LogP contribution is 2.32. The van der Waals surface area contributed by atoms with Gasteiger partial charge in [-0.25, -0.2) is 8.42 Å². The van der Waals surface area contributed by atoms with Gasteiger partial charge in [-0.3, -0.25) is 9.52 Å². The molecule has 27 heavy (non-hydrogen) atoms. The molecular weight excluding hydrogens is 370 g/mol. The molecule has 0 saturated carbocycles. The molecule has 1 atom stereocenters. The molecule has 1 aliphatic rings. The molecule has 8 nitrogen and oxygen atoms in total. The summed E-state index contributed by atoms with van der Waals surface area (Å²) < 4.78 is 38.5. The van der Waals surface area contributed by atoms with Crippen LogP contribution in [0.3, 0.4) is 0 Å². The van der Waals surface area contributed by atoms with E-state index in [1.54, 1.807) is 25.1 Å². The molecule has 1 heterocycles. The number of anilines is 1.